The quantitative estimate of drug-likeness (QED) is 0.903. The summed E-state index contributed by atoms with van der Waals surface area (Å²) in [5, 5.41) is 7.37. The van der Waals surface area contributed by atoms with E-state index in [4.69, 9.17) is 5.73 Å². The standard InChI is InChI=1S/C14H18BrN5/c15-12-5-1-4-11(7-12)13-17-14(19-18-13)20-6-2-3-10(8-16)9-20/h1,4-5,7,10H,2-3,6,8-9,16H2,(H,17,18,19). The fourth-order valence-corrected chi connectivity index (χ4v) is 3.00. The van der Waals surface area contributed by atoms with E-state index in [1.807, 2.05) is 24.3 Å². The Morgan fingerprint density at radius 1 is 1.45 bits per heavy atom. The van der Waals surface area contributed by atoms with Crippen LogP contribution in [0.15, 0.2) is 28.7 Å². The number of nitrogens with two attached hydrogens (primary N) is 1. The Labute approximate surface area is 126 Å². The van der Waals surface area contributed by atoms with E-state index in [0.29, 0.717) is 5.92 Å². The normalized spacial score (nSPS) is 19.3. The van der Waals surface area contributed by atoms with Crippen molar-refractivity contribution in [1.82, 2.24) is 15.2 Å². The van der Waals surface area contributed by atoms with Gasteiger partial charge in [0.25, 0.3) is 0 Å². The van der Waals surface area contributed by atoms with Crippen LogP contribution in [-0.4, -0.2) is 34.8 Å². The second kappa shape index (κ2) is 5.93. The highest BCUT2D eigenvalue weighted by molar-refractivity contribution is 9.10. The maximum atomic E-state index is 5.78. The lowest BCUT2D eigenvalue weighted by atomic mass is 9.99. The van der Waals surface area contributed by atoms with Gasteiger partial charge in [-0.15, -0.1) is 5.10 Å². The van der Waals surface area contributed by atoms with Gasteiger partial charge in [-0.05, 0) is 37.4 Å². The van der Waals surface area contributed by atoms with Crippen molar-refractivity contribution < 1.29 is 0 Å². The summed E-state index contributed by atoms with van der Waals surface area (Å²) in [6, 6.07) is 8.04. The van der Waals surface area contributed by atoms with Gasteiger partial charge in [0.1, 0.15) is 0 Å². The molecule has 0 amide bonds. The molecule has 1 aromatic heterocycles. The number of hydrogen-bond donors (Lipinski definition) is 2. The maximum absolute atomic E-state index is 5.78. The molecule has 1 atom stereocenters. The molecule has 3 rings (SSSR count). The van der Waals surface area contributed by atoms with Gasteiger partial charge in [-0.3, -0.25) is 5.10 Å². The lowest BCUT2D eigenvalue weighted by Crippen LogP contribution is -2.38. The van der Waals surface area contributed by atoms with Crippen LogP contribution in [0.5, 0.6) is 0 Å². The SMILES string of the molecule is NCC1CCCN(c2n[nH]c(-c3cccc(Br)c3)n2)C1. The number of H-pyrrole nitrogens is 1. The van der Waals surface area contributed by atoms with Crippen LogP contribution in [0.1, 0.15) is 12.8 Å². The van der Waals surface area contributed by atoms with E-state index in [9.17, 15) is 0 Å². The fraction of sp³-hybridized carbons (Fsp3) is 0.429. The molecule has 1 unspecified atom stereocenters. The number of halogens is 1. The Kier molecular flexibility index (Phi) is 4.03. The summed E-state index contributed by atoms with van der Waals surface area (Å²) >= 11 is 3.47. The van der Waals surface area contributed by atoms with Crippen molar-refractivity contribution in [2.24, 2.45) is 11.7 Å². The first kappa shape index (κ1) is 13.6. The first-order valence-electron chi connectivity index (χ1n) is 6.89. The van der Waals surface area contributed by atoms with Crippen LogP contribution >= 0.6 is 15.9 Å². The number of aromatic amines is 1. The highest BCUT2D eigenvalue weighted by Crippen LogP contribution is 2.24. The number of nitrogens with zero attached hydrogens (tertiary/aromatic N) is 3. The van der Waals surface area contributed by atoms with Gasteiger partial charge in [-0.2, -0.15) is 4.98 Å². The van der Waals surface area contributed by atoms with Gasteiger partial charge in [-0.25, -0.2) is 0 Å². The van der Waals surface area contributed by atoms with Crippen LogP contribution in [0.25, 0.3) is 11.4 Å². The van der Waals surface area contributed by atoms with E-state index in [-0.39, 0.29) is 0 Å². The fourth-order valence-electron chi connectivity index (χ4n) is 2.60. The molecular formula is C14H18BrN5. The average molecular weight is 336 g/mol. The number of anilines is 1. The highest BCUT2D eigenvalue weighted by Gasteiger charge is 2.21. The second-order valence-corrected chi connectivity index (χ2v) is 6.10. The third kappa shape index (κ3) is 2.86. The van der Waals surface area contributed by atoms with Gasteiger partial charge in [-0.1, -0.05) is 28.1 Å². The molecule has 2 aromatic rings. The molecule has 0 radical (unpaired) electrons. The zero-order valence-electron chi connectivity index (χ0n) is 11.2. The topological polar surface area (TPSA) is 70.8 Å². The Balaban J connectivity index is 1.80. The van der Waals surface area contributed by atoms with Gasteiger partial charge in [0.2, 0.25) is 5.95 Å². The first-order valence-corrected chi connectivity index (χ1v) is 7.69. The molecule has 1 aliphatic heterocycles. The zero-order valence-corrected chi connectivity index (χ0v) is 12.8. The van der Waals surface area contributed by atoms with Crippen molar-refractivity contribution in [3.8, 4) is 11.4 Å². The number of hydrogen-bond acceptors (Lipinski definition) is 4. The molecule has 1 saturated heterocycles. The zero-order chi connectivity index (χ0) is 13.9. The Hall–Kier alpha value is -1.40. The lowest BCUT2D eigenvalue weighted by Gasteiger charge is -2.31. The molecule has 3 N–H and O–H groups in total. The monoisotopic (exact) mass is 335 g/mol. The van der Waals surface area contributed by atoms with Crippen molar-refractivity contribution in [3.05, 3.63) is 28.7 Å². The van der Waals surface area contributed by atoms with E-state index >= 15 is 0 Å². The largest absolute Gasteiger partial charge is 0.339 e. The van der Waals surface area contributed by atoms with Gasteiger partial charge in [0, 0.05) is 23.1 Å². The minimum absolute atomic E-state index is 0.552. The Morgan fingerprint density at radius 2 is 2.35 bits per heavy atom. The molecule has 1 aliphatic rings. The predicted molar refractivity (Wildman–Crippen MR) is 83.5 cm³/mol. The minimum Gasteiger partial charge on any atom is -0.339 e. The number of benzene rings is 1. The molecule has 0 spiro atoms. The summed E-state index contributed by atoms with van der Waals surface area (Å²) in [5.74, 6) is 2.13. The minimum atomic E-state index is 0.552. The Bertz CT molecular complexity index is 582. The number of piperidine rings is 1. The number of aromatic nitrogens is 3. The second-order valence-electron chi connectivity index (χ2n) is 5.18. The lowest BCUT2D eigenvalue weighted by molar-refractivity contribution is 0.420. The summed E-state index contributed by atoms with van der Waals surface area (Å²) in [5.41, 5.74) is 6.81. The van der Waals surface area contributed by atoms with Crippen molar-refractivity contribution in [2.45, 2.75) is 12.8 Å². The van der Waals surface area contributed by atoms with E-state index < -0.39 is 0 Å². The highest BCUT2D eigenvalue weighted by atomic mass is 79.9. The number of rotatable bonds is 3. The molecule has 0 saturated carbocycles. The molecule has 2 heterocycles. The predicted octanol–water partition coefficient (Wildman–Crippen LogP) is 2.41. The van der Waals surface area contributed by atoms with Crippen LogP contribution in [0, 0.1) is 5.92 Å². The summed E-state index contributed by atoms with van der Waals surface area (Å²) in [7, 11) is 0. The molecule has 6 heteroatoms. The van der Waals surface area contributed by atoms with Crippen LogP contribution in [-0.2, 0) is 0 Å². The third-order valence-corrected chi connectivity index (χ3v) is 4.20. The first-order chi connectivity index (χ1) is 9.76. The van der Waals surface area contributed by atoms with Crippen LogP contribution < -0.4 is 10.6 Å². The maximum Gasteiger partial charge on any atom is 0.245 e. The van der Waals surface area contributed by atoms with Crippen molar-refractivity contribution in [2.75, 3.05) is 24.5 Å². The van der Waals surface area contributed by atoms with Crippen molar-refractivity contribution >= 4 is 21.9 Å². The summed E-state index contributed by atoms with van der Waals surface area (Å²) in [6.45, 7) is 2.69. The smallest absolute Gasteiger partial charge is 0.245 e. The average Bonchev–Trinajstić information content (AvgIpc) is 2.97. The van der Waals surface area contributed by atoms with Crippen LogP contribution in [0.2, 0.25) is 0 Å². The molecule has 1 fully saturated rings. The molecular weight excluding hydrogens is 318 g/mol. The Morgan fingerprint density at radius 3 is 3.15 bits per heavy atom. The van der Waals surface area contributed by atoms with Crippen molar-refractivity contribution in [1.29, 1.82) is 0 Å². The molecule has 1 aromatic carbocycles. The third-order valence-electron chi connectivity index (χ3n) is 3.71. The van der Waals surface area contributed by atoms with Gasteiger partial charge in [0.05, 0.1) is 0 Å². The van der Waals surface area contributed by atoms with Crippen molar-refractivity contribution in [3.63, 3.8) is 0 Å². The molecule has 5 nitrogen and oxygen atoms in total. The summed E-state index contributed by atoms with van der Waals surface area (Å²) in [4.78, 5) is 6.83. The molecule has 0 bridgehead atoms. The van der Waals surface area contributed by atoms with Gasteiger partial charge >= 0.3 is 0 Å². The van der Waals surface area contributed by atoms with Crippen LogP contribution in [0.3, 0.4) is 0 Å². The van der Waals surface area contributed by atoms with E-state index in [1.54, 1.807) is 0 Å². The number of nitrogens with one attached hydrogen (secondary N) is 1. The van der Waals surface area contributed by atoms with Crippen LogP contribution in [0.4, 0.5) is 5.95 Å². The van der Waals surface area contributed by atoms with E-state index in [1.165, 1.54) is 6.42 Å². The van der Waals surface area contributed by atoms with E-state index in [2.05, 4.69) is 36.0 Å². The molecule has 106 valence electrons. The molecule has 0 aliphatic carbocycles. The van der Waals surface area contributed by atoms with E-state index in [0.717, 1.165) is 47.9 Å². The van der Waals surface area contributed by atoms with Gasteiger partial charge < -0.3 is 10.6 Å². The summed E-state index contributed by atoms with van der Waals surface area (Å²) < 4.78 is 1.04. The summed E-state index contributed by atoms with van der Waals surface area (Å²) in [6.07, 6.45) is 2.36. The molecule has 20 heavy (non-hydrogen) atoms. The van der Waals surface area contributed by atoms with Gasteiger partial charge in [0.15, 0.2) is 5.82 Å².